The highest BCUT2D eigenvalue weighted by Crippen LogP contribution is 2.07. The molecule has 0 aliphatic heterocycles. The van der Waals surface area contributed by atoms with Gasteiger partial charge in [0, 0.05) is 13.1 Å². The van der Waals surface area contributed by atoms with Gasteiger partial charge in [0.25, 0.3) is 0 Å². The van der Waals surface area contributed by atoms with Crippen LogP contribution in [0, 0.1) is 0 Å². The minimum Gasteiger partial charge on any atom is -0.274 e. The van der Waals surface area contributed by atoms with Crippen molar-refractivity contribution in [2.24, 2.45) is 0 Å². The van der Waals surface area contributed by atoms with Gasteiger partial charge in [-0.3, -0.25) is 9.36 Å². The monoisotopic (exact) mass is 161 g/mol. The number of hydrogen-bond acceptors (Lipinski definition) is 3. The predicted molar refractivity (Wildman–Crippen MR) is 43.8 cm³/mol. The molecule has 0 aromatic carbocycles. The molecule has 4 heteroatoms. The fourth-order valence-corrected chi connectivity index (χ4v) is 1.10. The van der Waals surface area contributed by atoms with Gasteiger partial charge in [-0.2, -0.15) is 0 Å². The molecule has 2 aromatic heterocycles. The second-order valence-electron chi connectivity index (χ2n) is 2.48. The summed E-state index contributed by atoms with van der Waals surface area (Å²) in [6, 6.07) is 3.60. The molecule has 0 bridgehead atoms. The average molecular weight is 161 g/mol. The lowest BCUT2D eigenvalue weighted by atomic mass is 10.4. The molecule has 0 fully saturated rings. The molecule has 0 amide bonds. The van der Waals surface area contributed by atoms with E-state index in [4.69, 9.17) is 0 Å². The van der Waals surface area contributed by atoms with E-state index in [1.807, 2.05) is 6.07 Å². The number of carbonyl (C=O) groups excluding carboxylic acids is 1. The molecule has 0 unspecified atom stereocenters. The molecule has 0 saturated heterocycles. The number of carbonyl (C=O) groups is 1. The molecule has 0 saturated carbocycles. The Balaban J connectivity index is 2.79. The van der Waals surface area contributed by atoms with Crippen LogP contribution < -0.4 is 0 Å². The molecule has 12 heavy (non-hydrogen) atoms. The van der Waals surface area contributed by atoms with Crippen molar-refractivity contribution in [2.45, 2.75) is 6.92 Å². The van der Waals surface area contributed by atoms with Crippen LogP contribution in [0.4, 0.5) is 0 Å². The first-order chi connectivity index (χ1) is 5.79. The van der Waals surface area contributed by atoms with Crippen LogP contribution in [0.3, 0.4) is 0 Å². The summed E-state index contributed by atoms with van der Waals surface area (Å²) in [6.07, 6.45) is 3.14. The standard InChI is InChI=1S/C8H7N3O/c1-6(12)11-5-10-8-7(11)3-2-4-9-8/h2-5H,1H3. The first-order valence-electron chi connectivity index (χ1n) is 3.58. The van der Waals surface area contributed by atoms with Crippen LogP contribution >= 0.6 is 0 Å². The van der Waals surface area contributed by atoms with Crippen LogP contribution in [0.25, 0.3) is 11.2 Å². The second-order valence-corrected chi connectivity index (χ2v) is 2.48. The third-order valence-electron chi connectivity index (χ3n) is 1.66. The van der Waals surface area contributed by atoms with Crippen LogP contribution in [-0.2, 0) is 0 Å². The molecule has 0 atom stereocenters. The Hall–Kier alpha value is -1.71. The molecule has 4 nitrogen and oxygen atoms in total. The summed E-state index contributed by atoms with van der Waals surface area (Å²) in [4.78, 5) is 19.0. The number of rotatable bonds is 0. The molecule has 0 aliphatic rings. The Morgan fingerprint density at radius 3 is 3.08 bits per heavy atom. The molecule has 2 heterocycles. The van der Waals surface area contributed by atoms with E-state index in [0.717, 1.165) is 5.52 Å². The highest BCUT2D eigenvalue weighted by Gasteiger charge is 2.04. The van der Waals surface area contributed by atoms with Gasteiger partial charge in [-0.25, -0.2) is 9.97 Å². The van der Waals surface area contributed by atoms with E-state index >= 15 is 0 Å². The quantitative estimate of drug-likeness (QED) is 0.581. The zero-order valence-corrected chi connectivity index (χ0v) is 6.56. The molecule has 0 N–H and O–H groups in total. The summed E-state index contributed by atoms with van der Waals surface area (Å²) in [7, 11) is 0. The molecule has 0 aliphatic carbocycles. The first-order valence-corrected chi connectivity index (χ1v) is 3.58. The molecule has 2 rings (SSSR count). The van der Waals surface area contributed by atoms with Crippen LogP contribution in [-0.4, -0.2) is 20.4 Å². The Morgan fingerprint density at radius 2 is 2.33 bits per heavy atom. The minimum atomic E-state index is -0.0505. The molecule has 60 valence electrons. The molecule has 0 spiro atoms. The predicted octanol–water partition coefficient (Wildman–Crippen LogP) is 1.09. The van der Waals surface area contributed by atoms with E-state index in [1.165, 1.54) is 17.8 Å². The maximum Gasteiger partial charge on any atom is 0.229 e. The van der Waals surface area contributed by atoms with Crippen LogP contribution in [0.1, 0.15) is 11.7 Å². The van der Waals surface area contributed by atoms with Gasteiger partial charge in [0.15, 0.2) is 5.65 Å². The third-order valence-corrected chi connectivity index (χ3v) is 1.66. The van der Waals surface area contributed by atoms with Crippen molar-refractivity contribution in [2.75, 3.05) is 0 Å². The summed E-state index contributed by atoms with van der Waals surface area (Å²) in [5.74, 6) is -0.0505. The van der Waals surface area contributed by atoms with Crippen LogP contribution in [0.2, 0.25) is 0 Å². The smallest absolute Gasteiger partial charge is 0.229 e. The van der Waals surface area contributed by atoms with Gasteiger partial charge in [0.05, 0.1) is 5.52 Å². The van der Waals surface area contributed by atoms with E-state index in [9.17, 15) is 4.79 Å². The molecular weight excluding hydrogens is 154 g/mol. The van der Waals surface area contributed by atoms with Crippen molar-refractivity contribution in [3.63, 3.8) is 0 Å². The van der Waals surface area contributed by atoms with Crippen molar-refractivity contribution in [1.29, 1.82) is 0 Å². The van der Waals surface area contributed by atoms with Gasteiger partial charge in [-0.1, -0.05) is 0 Å². The SMILES string of the molecule is CC(=O)n1cnc2ncccc21. The molecular formula is C8H7N3O. The van der Waals surface area contributed by atoms with Crippen molar-refractivity contribution in [3.05, 3.63) is 24.7 Å². The third kappa shape index (κ3) is 0.887. The highest BCUT2D eigenvalue weighted by molar-refractivity contribution is 5.87. The molecule has 2 aromatic rings. The van der Waals surface area contributed by atoms with Crippen molar-refractivity contribution >= 4 is 17.1 Å². The lowest BCUT2D eigenvalue weighted by molar-refractivity contribution is 0.0941. The van der Waals surface area contributed by atoms with Crippen molar-refractivity contribution < 1.29 is 4.79 Å². The Bertz CT molecular complexity index is 433. The summed E-state index contributed by atoms with van der Waals surface area (Å²) in [5, 5.41) is 0. The summed E-state index contributed by atoms with van der Waals surface area (Å²) in [5.41, 5.74) is 1.36. The first kappa shape index (κ1) is 6.97. The zero-order valence-electron chi connectivity index (χ0n) is 6.56. The zero-order chi connectivity index (χ0) is 8.55. The summed E-state index contributed by atoms with van der Waals surface area (Å²) >= 11 is 0. The highest BCUT2D eigenvalue weighted by atomic mass is 16.1. The number of imidazole rings is 1. The Morgan fingerprint density at radius 1 is 1.50 bits per heavy atom. The largest absolute Gasteiger partial charge is 0.274 e. The van der Waals surface area contributed by atoms with Gasteiger partial charge in [0.2, 0.25) is 5.91 Å². The number of pyridine rings is 1. The molecule has 0 radical (unpaired) electrons. The maximum absolute atomic E-state index is 11.0. The fraction of sp³-hybridized carbons (Fsp3) is 0.125. The topological polar surface area (TPSA) is 47.8 Å². The Kier molecular flexibility index (Phi) is 1.40. The normalized spacial score (nSPS) is 10.4. The van der Waals surface area contributed by atoms with Gasteiger partial charge in [-0.15, -0.1) is 0 Å². The van der Waals surface area contributed by atoms with Gasteiger partial charge in [-0.05, 0) is 12.1 Å². The van der Waals surface area contributed by atoms with E-state index in [2.05, 4.69) is 9.97 Å². The van der Waals surface area contributed by atoms with Crippen molar-refractivity contribution in [1.82, 2.24) is 14.5 Å². The van der Waals surface area contributed by atoms with Gasteiger partial charge in [0.1, 0.15) is 6.33 Å². The lowest BCUT2D eigenvalue weighted by Gasteiger charge is -1.94. The Labute approximate surface area is 68.9 Å². The number of hydrogen-bond donors (Lipinski definition) is 0. The number of nitrogens with zero attached hydrogens (tertiary/aromatic N) is 3. The van der Waals surface area contributed by atoms with Crippen LogP contribution in [0.15, 0.2) is 24.7 Å². The average Bonchev–Trinajstić information content (AvgIpc) is 2.47. The van der Waals surface area contributed by atoms with E-state index in [-0.39, 0.29) is 5.91 Å². The van der Waals surface area contributed by atoms with Gasteiger partial charge < -0.3 is 0 Å². The van der Waals surface area contributed by atoms with E-state index in [1.54, 1.807) is 12.3 Å². The van der Waals surface area contributed by atoms with E-state index < -0.39 is 0 Å². The lowest BCUT2D eigenvalue weighted by Crippen LogP contribution is -2.02. The number of fused-ring (bicyclic) bond motifs is 1. The van der Waals surface area contributed by atoms with Gasteiger partial charge >= 0.3 is 0 Å². The minimum absolute atomic E-state index is 0.0505. The summed E-state index contributed by atoms with van der Waals surface area (Å²) in [6.45, 7) is 1.49. The van der Waals surface area contributed by atoms with Crippen LogP contribution in [0.5, 0.6) is 0 Å². The summed E-state index contributed by atoms with van der Waals surface area (Å²) < 4.78 is 1.47. The maximum atomic E-state index is 11.0. The number of aromatic nitrogens is 3. The fourth-order valence-electron chi connectivity index (χ4n) is 1.10. The van der Waals surface area contributed by atoms with E-state index in [0.29, 0.717) is 5.65 Å². The second kappa shape index (κ2) is 2.41. The van der Waals surface area contributed by atoms with Crippen molar-refractivity contribution in [3.8, 4) is 0 Å².